The van der Waals surface area contributed by atoms with Crippen molar-refractivity contribution in [1.82, 2.24) is 9.88 Å². The molecule has 3 rings (SSSR count). The van der Waals surface area contributed by atoms with E-state index in [4.69, 9.17) is 9.31 Å². The fourth-order valence-corrected chi connectivity index (χ4v) is 2.43. The zero-order valence-corrected chi connectivity index (χ0v) is 12.8. The van der Waals surface area contributed by atoms with Crippen molar-refractivity contribution in [3.05, 3.63) is 23.9 Å². The molecule has 4 nitrogen and oxygen atoms in total. The molecule has 3 heterocycles. The lowest BCUT2D eigenvalue weighted by molar-refractivity contribution is 0.00578. The number of likely N-dealkylation sites (tertiary alicyclic amines) is 1. The zero-order chi connectivity index (χ0) is 14.4. The van der Waals surface area contributed by atoms with E-state index < -0.39 is 0 Å². The van der Waals surface area contributed by atoms with Crippen LogP contribution in [0.15, 0.2) is 18.3 Å². The van der Waals surface area contributed by atoms with Gasteiger partial charge in [-0.25, -0.2) is 0 Å². The summed E-state index contributed by atoms with van der Waals surface area (Å²) in [5.41, 5.74) is 1.49. The van der Waals surface area contributed by atoms with Gasteiger partial charge in [0.1, 0.15) is 0 Å². The Balaban J connectivity index is 1.69. The van der Waals surface area contributed by atoms with E-state index in [1.165, 1.54) is 25.1 Å². The van der Waals surface area contributed by atoms with E-state index in [2.05, 4.69) is 43.6 Å². The van der Waals surface area contributed by atoms with Crippen molar-refractivity contribution in [2.75, 3.05) is 13.1 Å². The molecule has 108 valence electrons. The first kappa shape index (κ1) is 14.0. The predicted octanol–water partition coefficient (Wildman–Crippen LogP) is 1.59. The molecule has 0 aromatic carbocycles. The summed E-state index contributed by atoms with van der Waals surface area (Å²) >= 11 is 0. The highest BCUT2D eigenvalue weighted by atomic mass is 16.7. The molecule has 1 aromatic heterocycles. The van der Waals surface area contributed by atoms with Crippen LogP contribution in [-0.4, -0.2) is 41.3 Å². The monoisotopic (exact) mass is 274 g/mol. The minimum Gasteiger partial charge on any atom is -0.398 e. The third-order valence-electron chi connectivity index (χ3n) is 4.70. The van der Waals surface area contributed by atoms with Gasteiger partial charge in [-0.15, -0.1) is 0 Å². The van der Waals surface area contributed by atoms with E-state index in [-0.39, 0.29) is 18.3 Å². The Bertz CT molecular complexity index is 467. The van der Waals surface area contributed by atoms with E-state index in [0.717, 1.165) is 12.1 Å². The fourth-order valence-electron chi connectivity index (χ4n) is 2.43. The summed E-state index contributed by atoms with van der Waals surface area (Å²) in [6.07, 6.45) is 3.26. The SMILES string of the molecule is CC1(C)OB(c2ccc(CN3CCC3)cn2)OC1(C)C. The fraction of sp³-hybridized carbons (Fsp3) is 0.667. The summed E-state index contributed by atoms with van der Waals surface area (Å²) in [4.78, 5) is 6.95. The van der Waals surface area contributed by atoms with Crippen LogP contribution in [0.2, 0.25) is 0 Å². The van der Waals surface area contributed by atoms with E-state index in [9.17, 15) is 0 Å². The number of nitrogens with zero attached hydrogens (tertiary/aromatic N) is 2. The number of aromatic nitrogens is 1. The summed E-state index contributed by atoms with van der Waals surface area (Å²) < 4.78 is 12.0. The third-order valence-corrected chi connectivity index (χ3v) is 4.70. The van der Waals surface area contributed by atoms with Gasteiger partial charge in [-0.1, -0.05) is 6.07 Å². The van der Waals surface area contributed by atoms with Crippen LogP contribution < -0.4 is 5.59 Å². The molecule has 2 aliphatic heterocycles. The van der Waals surface area contributed by atoms with Gasteiger partial charge in [0.05, 0.1) is 16.8 Å². The Morgan fingerprint density at radius 2 is 1.80 bits per heavy atom. The second-order valence-electron chi connectivity index (χ2n) is 6.81. The van der Waals surface area contributed by atoms with E-state index in [0.29, 0.717) is 0 Å². The summed E-state index contributed by atoms with van der Waals surface area (Å²) in [5.74, 6) is 0. The first-order valence-electron chi connectivity index (χ1n) is 7.40. The highest BCUT2D eigenvalue weighted by Crippen LogP contribution is 2.36. The molecule has 20 heavy (non-hydrogen) atoms. The Morgan fingerprint density at radius 3 is 2.25 bits per heavy atom. The van der Waals surface area contributed by atoms with Gasteiger partial charge in [0, 0.05) is 12.7 Å². The van der Waals surface area contributed by atoms with Crippen molar-refractivity contribution < 1.29 is 9.31 Å². The summed E-state index contributed by atoms with van der Waals surface area (Å²) in [5, 5.41) is 0. The van der Waals surface area contributed by atoms with Gasteiger partial charge < -0.3 is 9.31 Å². The van der Waals surface area contributed by atoms with Crippen LogP contribution in [0.3, 0.4) is 0 Å². The molecule has 0 unspecified atom stereocenters. The van der Waals surface area contributed by atoms with Crippen LogP contribution in [0.25, 0.3) is 0 Å². The average Bonchev–Trinajstić information content (AvgIpc) is 2.54. The summed E-state index contributed by atoms with van der Waals surface area (Å²) in [7, 11) is -0.363. The molecule has 2 saturated heterocycles. The maximum absolute atomic E-state index is 6.01. The first-order valence-corrected chi connectivity index (χ1v) is 7.40. The predicted molar refractivity (Wildman–Crippen MR) is 79.8 cm³/mol. The van der Waals surface area contributed by atoms with Crippen molar-refractivity contribution >= 4 is 12.7 Å². The normalized spacial score (nSPS) is 24.7. The van der Waals surface area contributed by atoms with Crippen molar-refractivity contribution in [2.45, 2.75) is 51.9 Å². The average molecular weight is 274 g/mol. The van der Waals surface area contributed by atoms with Crippen LogP contribution in [-0.2, 0) is 15.9 Å². The van der Waals surface area contributed by atoms with Gasteiger partial charge in [-0.3, -0.25) is 9.88 Å². The molecular formula is C15H23BN2O2. The standard InChI is InChI=1S/C15H23BN2O2/c1-14(2)15(3,4)20-16(19-14)13-7-6-12(10-17-13)11-18-8-5-9-18/h6-7,10H,5,8-9,11H2,1-4H3. The topological polar surface area (TPSA) is 34.6 Å². The van der Waals surface area contributed by atoms with Gasteiger partial charge in [-0.2, -0.15) is 0 Å². The summed E-state index contributed by atoms with van der Waals surface area (Å²) in [6, 6.07) is 4.16. The third kappa shape index (κ3) is 2.50. The van der Waals surface area contributed by atoms with Crippen LogP contribution >= 0.6 is 0 Å². The smallest absolute Gasteiger partial charge is 0.398 e. The Hall–Kier alpha value is -0.905. The first-order chi connectivity index (χ1) is 9.37. The largest absolute Gasteiger partial charge is 0.514 e. The summed E-state index contributed by atoms with van der Waals surface area (Å²) in [6.45, 7) is 11.7. The van der Waals surface area contributed by atoms with Crippen molar-refractivity contribution in [1.29, 1.82) is 0 Å². The van der Waals surface area contributed by atoms with Crippen LogP contribution in [0.4, 0.5) is 0 Å². The van der Waals surface area contributed by atoms with Gasteiger partial charge in [0.2, 0.25) is 0 Å². The Labute approximate surface area is 121 Å². The molecule has 0 amide bonds. The maximum Gasteiger partial charge on any atom is 0.514 e. The highest BCUT2D eigenvalue weighted by Gasteiger charge is 2.52. The lowest BCUT2D eigenvalue weighted by atomic mass is 9.84. The molecule has 0 N–H and O–H groups in total. The molecule has 0 atom stereocenters. The van der Waals surface area contributed by atoms with E-state index >= 15 is 0 Å². The van der Waals surface area contributed by atoms with Crippen LogP contribution in [0.1, 0.15) is 39.7 Å². The van der Waals surface area contributed by atoms with E-state index in [1.54, 1.807) is 0 Å². The van der Waals surface area contributed by atoms with Gasteiger partial charge in [-0.05, 0) is 58.8 Å². The van der Waals surface area contributed by atoms with Crippen molar-refractivity contribution in [2.24, 2.45) is 0 Å². The van der Waals surface area contributed by atoms with Gasteiger partial charge >= 0.3 is 7.12 Å². The number of hydrogen-bond acceptors (Lipinski definition) is 4. The number of rotatable bonds is 3. The van der Waals surface area contributed by atoms with Crippen LogP contribution in [0, 0.1) is 0 Å². The minimum atomic E-state index is -0.363. The molecule has 1 aromatic rings. The molecule has 0 aliphatic carbocycles. The van der Waals surface area contributed by atoms with Gasteiger partial charge in [0.15, 0.2) is 0 Å². The number of hydrogen-bond donors (Lipinski definition) is 0. The quantitative estimate of drug-likeness (QED) is 0.784. The molecule has 0 saturated carbocycles. The Morgan fingerprint density at radius 1 is 1.15 bits per heavy atom. The van der Waals surface area contributed by atoms with E-state index in [1.807, 2.05) is 12.3 Å². The lowest BCUT2D eigenvalue weighted by Gasteiger charge is -2.32. The van der Waals surface area contributed by atoms with Crippen LogP contribution in [0.5, 0.6) is 0 Å². The molecule has 0 spiro atoms. The second kappa shape index (κ2) is 4.83. The number of pyridine rings is 1. The highest BCUT2D eigenvalue weighted by molar-refractivity contribution is 6.61. The zero-order valence-electron chi connectivity index (χ0n) is 12.8. The molecule has 0 bridgehead atoms. The molecule has 2 aliphatic rings. The molecular weight excluding hydrogens is 251 g/mol. The van der Waals surface area contributed by atoms with Gasteiger partial charge in [0.25, 0.3) is 0 Å². The maximum atomic E-state index is 6.01. The second-order valence-corrected chi connectivity index (χ2v) is 6.81. The van der Waals surface area contributed by atoms with Crippen molar-refractivity contribution in [3.8, 4) is 0 Å². The lowest BCUT2D eigenvalue weighted by Crippen LogP contribution is -2.41. The van der Waals surface area contributed by atoms with Crippen molar-refractivity contribution in [3.63, 3.8) is 0 Å². The minimum absolute atomic E-state index is 0.310. The Kier molecular flexibility index (Phi) is 3.39. The molecule has 2 fully saturated rings. The molecule has 0 radical (unpaired) electrons. The molecule has 5 heteroatoms.